The van der Waals surface area contributed by atoms with E-state index in [1.54, 1.807) is 0 Å². The molecular weight excluding hydrogens is 278 g/mol. The van der Waals surface area contributed by atoms with Gasteiger partial charge in [-0.3, -0.25) is 9.36 Å². The Hall–Kier alpha value is -3.16. The SMILES string of the molecule is O=C(Cn1cccnc1=O)Nc1ccc(O)cc1C(=O)O. The summed E-state index contributed by atoms with van der Waals surface area (Å²) in [7, 11) is 0. The highest BCUT2D eigenvalue weighted by Gasteiger charge is 2.14. The molecule has 0 spiro atoms. The number of aromatic nitrogens is 2. The number of nitrogens with one attached hydrogen (secondary N) is 1. The average Bonchev–Trinajstić information content (AvgIpc) is 2.43. The van der Waals surface area contributed by atoms with Crippen LogP contribution in [0.25, 0.3) is 0 Å². The van der Waals surface area contributed by atoms with Crippen LogP contribution in [0.2, 0.25) is 0 Å². The first-order chi connectivity index (χ1) is 9.97. The molecule has 2 aromatic rings. The molecule has 0 bridgehead atoms. The van der Waals surface area contributed by atoms with E-state index < -0.39 is 17.6 Å². The summed E-state index contributed by atoms with van der Waals surface area (Å²) in [6.45, 7) is -0.299. The van der Waals surface area contributed by atoms with Crippen LogP contribution in [0.4, 0.5) is 5.69 Å². The number of carbonyl (C=O) groups is 2. The van der Waals surface area contributed by atoms with Crippen molar-refractivity contribution in [2.45, 2.75) is 6.54 Å². The minimum Gasteiger partial charge on any atom is -0.508 e. The fraction of sp³-hybridized carbons (Fsp3) is 0.0769. The number of carboxylic acid groups (broad SMARTS) is 1. The second kappa shape index (κ2) is 5.87. The zero-order valence-corrected chi connectivity index (χ0v) is 10.7. The molecule has 0 saturated heterocycles. The molecule has 0 aliphatic heterocycles. The van der Waals surface area contributed by atoms with Gasteiger partial charge in [0.2, 0.25) is 5.91 Å². The number of hydrogen-bond donors (Lipinski definition) is 3. The van der Waals surface area contributed by atoms with Gasteiger partial charge < -0.3 is 15.5 Å². The molecule has 0 unspecified atom stereocenters. The molecule has 0 fully saturated rings. The number of amides is 1. The van der Waals surface area contributed by atoms with Gasteiger partial charge in [-0.15, -0.1) is 0 Å². The van der Waals surface area contributed by atoms with E-state index in [9.17, 15) is 19.5 Å². The lowest BCUT2D eigenvalue weighted by Crippen LogP contribution is -2.28. The van der Waals surface area contributed by atoms with Crippen LogP contribution >= 0.6 is 0 Å². The van der Waals surface area contributed by atoms with Crippen molar-refractivity contribution in [3.63, 3.8) is 0 Å². The number of phenolic OH excluding ortho intramolecular Hbond substituents is 1. The lowest BCUT2D eigenvalue weighted by molar-refractivity contribution is -0.116. The fourth-order valence-electron chi connectivity index (χ4n) is 1.67. The predicted octanol–water partition coefficient (Wildman–Crippen LogP) is 0.286. The Labute approximate surface area is 118 Å². The van der Waals surface area contributed by atoms with Crippen LogP contribution in [-0.2, 0) is 11.3 Å². The molecule has 0 aliphatic rings. The number of aromatic hydroxyl groups is 1. The number of nitrogens with zero attached hydrogens (tertiary/aromatic N) is 2. The highest BCUT2D eigenvalue weighted by molar-refractivity contribution is 6.00. The third-order valence-corrected chi connectivity index (χ3v) is 2.60. The maximum absolute atomic E-state index is 11.8. The Balaban J connectivity index is 2.19. The summed E-state index contributed by atoms with van der Waals surface area (Å²) < 4.78 is 1.08. The van der Waals surface area contributed by atoms with Gasteiger partial charge in [0.15, 0.2) is 0 Å². The first-order valence-electron chi connectivity index (χ1n) is 5.85. The van der Waals surface area contributed by atoms with E-state index in [0.29, 0.717) is 0 Å². The Morgan fingerprint density at radius 2 is 2.10 bits per heavy atom. The van der Waals surface area contributed by atoms with Gasteiger partial charge in [-0.25, -0.2) is 14.6 Å². The van der Waals surface area contributed by atoms with Gasteiger partial charge in [0.25, 0.3) is 0 Å². The van der Waals surface area contributed by atoms with Gasteiger partial charge in [0, 0.05) is 12.4 Å². The Morgan fingerprint density at radius 1 is 1.33 bits per heavy atom. The molecule has 0 aliphatic carbocycles. The molecule has 0 saturated carbocycles. The van der Waals surface area contributed by atoms with E-state index in [-0.39, 0.29) is 23.5 Å². The van der Waals surface area contributed by atoms with E-state index in [1.807, 2.05) is 0 Å². The number of carboxylic acids is 1. The molecule has 0 radical (unpaired) electrons. The second-order valence-corrected chi connectivity index (χ2v) is 4.11. The van der Waals surface area contributed by atoms with Crippen molar-refractivity contribution in [3.05, 3.63) is 52.7 Å². The van der Waals surface area contributed by atoms with Gasteiger partial charge in [0.05, 0.1) is 11.3 Å². The topological polar surface area (TPSA) is 122 Å². The first kappa shape index (κ1) is 14.3. The van der Waals surface area contributed by atoms with E-state index in [4.69, 9.17) is 5.11 Å². The molecule has 108 valence electrons. The first-order valence-corrected chi connectivity index (χ1v) is 5.85. The number of benzene rings is 1. The molecule has 8 heteroatoms. The van der Waals surface area contributed by atoms with Crippen LogP contribution in [-0.4, -0.2) is 31.6 Å². The third kappa shape index (κ3) is 3.44. The molecule has 8 nitrogen and oxygen atoms in total. The van der Waals surface area contributed by atoms with Crippen molar-refractivity contribution in [1.82, 2.24) is 9.55 Å². The largest absolute Gasteiger partial charge is 0.508 e. The number of aromatic carboxylic acids is 1. The number of rotatable bonds is 4. The van der Waals surface area contributed by atoms with Crippen LogP contribution < -0.4 is 11.0 Å². The number of hydrogen-bond acceptors (Lipinski definition) is 5. The van der Waals surface area contributed by atoms with E-state index >= 15 is 0 Å². The highest BCUT2D eigenvalue weighted by Crippen LogP contribution is 2.21. The Morgan fingerprint density at radius 3 is 2.76 bits per heavy atom. The summed E-state index contributed by atoms with van der Waals surface area (Å²) in [5.74, 6) is -2.10. The lowest BCUT2D eigenvalue weighted by Gasteiger charge is -2.09. The van der Waals surface area contributed by atoms with Gasteiger partial charge in [0.1, 0.15) is 12.3 Å². The molecule has 2 rings (SSSR count). The maximum atomic E-state index is 11.8. The van der Waals surface area contributed by atoms with Gasteiger partial charge in [-0.2, -0.15) is 0 Å². The van der Waals surface area contributed by atoms with Gasteiger partial charge in [-0.1, -0.05) is 0 Å². The summed E-state index contributed by atoms with van der Waals surface area (Å²) in [5.41, 5.74) is -0.805. The minimum atomic E-state index is -1.29. The normalized spacial score (nSPS) is 10.1. The van der Waals surface area contributed by atoms with E-state index in [1.165, 1.54) is 30.6 Å². The summed E-state index contributed by atoms with van der Waals surface area (Å²) in [6.07, 6.45) is 2.70. The molecule has 21 heavy (non-hydrogen) atoms. The second-order valence-electron chi connectivity index (χ2n) is 4.11. The Bertz CT molecular complexity index is 753. The van der Waals surface area contributed by atoms with Crippen LogP contribution in [0.15, 0.2) is 41.5 Å². The Kier molecular flexibility index (Phi) is 3.98. The van der Waals surface area contributed by atoms with Crippen LogP contribution in [0.1, 0.15) is 10.4 Å². The summed E-state index contributed by atoms with van der Waals surface area (Å²) >= 11 is 0. The average molecular weight is 289 g/mol. The quantitative estimate of drug-likeness (QED) is 0.695. The highest BCUT2D eigenvalue weighted by atomic mass is 16.4. The number of anilines is 1. The van der Waals surface area contributed by atoms with Crippen molar-refractivity contribution in [2.24, 2.45) is 0 Å². The molecule has 1 aromatic carbocycles. The van der Waals surface area contributed by atoms with Crippen molar-refractivity contribution in [1.29, 1.82) is 0 Å². The number of carbonyl (C=O) groups excluding carboxylic acids is 1. The van der Waals surface area contributed by atoms with Crippen molar-refractivity contribution in [2.75, 3.05) is 5.32 Å². The maximum Gasteiger partial charge on any atom is 0.347 e. The van der Waals surface area contributed by atoms with E-state index in [2.05, 4.69) is 10.3 Å². The monoisotopic (exact) mass is 289 g/mol. The molecule has 3 N–H and O–H groups in total. The summed E-state index contributed by atoms with van der Waals surface area (Å²) in [4.78, 5) is 37.7. The molecule has 1 amide bonds. The van der Waals surface area contributed by atoms with Gasteiger partial charge in [-0.05, 0) is 24.3 Å². The van der Waals surface area contributed by atoms with Crippen molar-refractivity contribution >= 4 is 17.6 Å². The summed E-state index contributed by atoms with van der Waals surface area (Å²) in [5, 5.41) is 20.6. The molecule has 1 aromatic heterocycles. The minimum absolute atomic E-state index is 0.0299. The van der Waals surface area contributed by atoms with Crippen LogP contribution in [0.3, 0.4) is 0 Å². The van der Waals surface area contributed by atoms with Crippen molar-refractivity contribution in [3.8, 4) is 5.75 Å². The zero-order chi connectivity index (χ0) is 15.4. The molecule has 1 heterocycles. The standard InChI is InChI=1S/C13H11N3O5/c17-8-2-3-10(9(6-8)12(19)20)15-11(18)7-16-5-1-4-14-13(16)21/h1-6,17H,7H2,(H,15,18)(H,19,20). The van der Waals surface area contributed by atoms with Gasteiger partial charge >= 0.3 is 11.7 Å². The summed E-state index contributed by atoms with van der Waals surface area (Å²) in [6, 6.07) is 5.03. The van der Waals surface area contributed by atoms with E-state index in [0.717, 1.165) is 10.6 Å². The smallest absolute Gasteiger partial charge is 0.347 e. The van der Waals surface area contributed by atoms with Crippen LogP contribution in [0.5, 0.6) is 5.75 Å². The molecule has 0 atom stereocenters. The van der Waals surface area contributed by atoms with Crippen LogP contribution in [0, 0.1) is 0 Å². The number of phenols is 1. The predicted molar refractivity (Wildman–Crippen MR) is 72.2 cm³/mol. The zero-order valence-electron chi connectivity index (χ0n) is 10.7. The fourth-order valence-corrected chi connectivity index (χ4v) is 1.67. The van der Waals surface area contributed by atoms with Crippen molar-refractivity contribution < 1.29 is 19.8 Å². The lowest BCUT2D eigenvalue weighted by atomic mass is 10.1. The third-order valence-electron chi connectivity index (χ3n) is 2.60. The molecular formula is C13H11N3O5.